The standard InChI is InChI=1S/C13H23NO/c1-2-4-12(5-3-1)10-14-8-6-13-7-9-15-11-13/h1-2,12-14H,3-11H2. The van der Waals surface area contributed by atoms with E-state index in [2.05, 4.69) is 17.5 Å². The molecule has 1 N–H and O–H groups in total. The van der Waals surface area contributed by atoms with Crippen molar-refractivity contribution in [2.24, 2.45) is 11.8 Å². The topological polar surface area (TPSA) is 21.3 Å². The first-order valence-electron chi connectivity index (χ1n) is 6.38. The Kier molecular flexibility index (Phi) is 4.68. The molecule has 1 saturated heterocycles. The van der Waals surface area contributed by atoms with Gasteiger partial charge in [-0.1, -0.05) is 12.2 Å². The average molecular weight is 209 g/mol. The fourth-order valence-corrected chi connectivity index (χ4v) is 2.47. The average Bonchev–Trinajstić information content (AvgIpc) is 2.79. The van der Waals surface area contributed by atoms with Gasteiger partial charge in [-0.3, -0.25) is 0 Å². The van der Waals surface area contributed by atoms with Gasteiger partial charge in [0.15, 0.2) is 0 Å². The van der Waals surface area contributed by atoms with Crippen LogP contribution in [0.15, 0.2) is 12.2 Å². The first kappa shape index (κ1) is 11.2. The van der Waals surface area contributed by atoms with Gasteiger partial charge < -0.3 is 10.1 Å². The third-order valence-corrected chi connectivity index (χ3v) is 3.56. The van der Waals surface area contributed by atoms with Crippen LogP contribution >= 0.6 is 0 Å². The minimum Gasteiger partial charge on any atom is -0.381 e. The lowest BCUT2D eigenvalue weighted by molar-refractivity contribution is 0.184. The number of ether oxygens (including phenoxy) is 1. The van der Waals surface area contributed by atoms with Gasteiger partial charge in [0.2, 0.25) is 0 Å². The van der Waals surface area contributed by atoms with E-state index in [4.69, 9.17) is 4.74 Å². The van der Waals surface area contributed by atoms with E-state index in [1.165, 1.54) is 45.2 Å². The van der Waals surface area contributed by atoms with Gasteiger partial charge in [-0.25, -0.2) is 0 Å². The SMILES string of the molecule is C1=CCC(CNCCC2CCOC2)CC1. The zero-order chi connectivity index (χ0) is 10.3. The van der Waals surface area contributed by atoms with Gasteiger partial charge in [-0.2, -0.15) is 0 Å². The smallest absolute Gasteiger partial charge is 0.0495 e. The summed E-state index contributed by atoms with van der Waals surface area (Å²) >= 11 is 0. The monoisotopic (exact) mass is 209 g/mol. The molecule has 0 spiro atoms. The third kappa shape index (κ3) is 3.96. The summed E-state index contributed by atoms with van der Waals surface area (Å²) in [5.41, 5.74) is 0. The Balaban J connectivity index is 1.49. The fourth-order valence-electron chi connectivity index (χ4n) is 2.47. The molecular formula is C13H23NO. The molecule has 0 amide bonds. The lowest BCUT2D eigenvalue weighted by Gasteiger charge is -2.18. The van der Waals surface area contributed by atoms with Crippen LogP contribution in [0, 0.1) is 11.8 Å². The predicted octanol–water partition coefficient (Wildman–Crippen LogP) is 2.36. The van der Waals surface area contributed by atoms with Gasteiger partial charge >= 0.3 is 0 Å². The summed E-state index contributed by atoms with van der Waals surface area (Å²) in [4.78, 5) is 0. The van der Waals surface area contributed by atoms with Crippen molar-refractivity contribution in [3.63, 3.8) is 0 Å². The van der Waals surface area contributed by atoms with Crippen molar-refractivity contribution in [1.82, 2.24) is 5.32 Å². The minimum atomic E-state index is 0.823. The van der Waals surface area contributed by atoms with Crippen LogP contribution < -0.4 is 5.32 Å². The molecule has 0 aromatic rings. The van der Waals surface area contributed by atoms with Crippen molar-refractivity contribution in [2.45, 2.75) is 32.1 Å². The van der Waals surface area contributed by atoms with E-state index in [0.29, 0.717) is 0 Å². The van der Waals surface area contributed by atoms with Gasteiger partial charge in [0.1, 0.15) is 0 Å². The molecule has 86 valence electrons. The molecule has 1 fully saturated rings. The molecule has 0 radical (unpaired) electrons. The van der Waals surface area contributed by atoms with E-state index in [1.54, 1.807) is 0 Å². The highest BCUT2D eigenvalue weighted by atomic mass is 16.5. The van der Waals surface area contributed by atoms with Crippen LogP contribution in [0.2, 0.25) is 0 Å². The second-order valence-electron chi connectivity index (χ2n) is 4.87. The summed E-state index contributed by atoms with van der Waals surface area (Å²) < 4.78 is 5.37. The van der Waals surface area contributed by atoms with Crippen molar-refractivity contribution in [2.75, 3.05) is 26.3 Å². The Morgan fingerprint density at radius 3 is 2.93 bits per heavy atom. The van der Waals surface area contributed by atoms with Gasteiger partial charge in [0.05, 0.1) is 0 Å². The lowest BCUT2D eigenvalue weighted by Crippen LogP contribution is -2.25. The Morgan fingerprint density at radius 2 is 2.20 bits per heavy atom. The van der Waals surface area contributed by atoms with Crippen LogP contribution in [0.3, 0.4) is 0 Å². The minimum absolute atomic E-state index is 0.823. The van der Waals surface area contributed by atoms with E-state index in [-0.39, 0.29) is 0 Å². The molecular weight excluding hydrogens is 186 g/mol. The molecule has 2 aliphatic rings. The zero-order valence-corrected chi connectivity index (χ0v) is 9.58. The zero-order valence-electron chi connectivity index (χ0n) is 9.58. The molecule has 2 atom stereocenters. The van der Waals surface area contributed by atoms with Gasteiger partial charge in [0, 0.05) is 13.2 Å². The fraction of sp³-hybridized carbons (Fsp3) is 0.846. The maximum atomic E-state index is 5.37. The summed E-state index contributed by atoms with van der Waals surface area (Å²) in [6, 6.07) is 0. The van der Waals surface area contributed by atoms with Gasteiger partial charge in [-0.05, 0) is 57.0 Å². The van der Waals surface area contributed by atoms with Crippen LogP contribution in [0.1, 0.15) is 32.1 Å². The summed E-state index contributed by atoms with van der Waals surface area (Å²) in [5, 5.41) is 3.59. The van der Waals surface area contributed by atoms with Crippen molar-refractivity contribution >= 4 is 0 Å². The molecule has 15 heavy (non-hydrogen) atoms. The quantitative estimate of drug-likeness (QED) is 0.554. The number of rotatable bonds is 5. The van der Waals surface area contributed by atoms with Crippen molar-refractivity contribution in [3.8, 4) is 0 Å². The van der Waals surface area contributed by atoms with Crippen molar-refractivity contribution < 1.29 is 4.74 Å². The molecule has 0 bridgehead atoms. The molecule has 0 aromatic carbocycles. The summed E-state index contributed by atoms with van der Waals surface area (Å²) in [6.45, 7) is 4.36. The second kappa shape index (κ2) is 6.29. The Bertz CT molecular complexity index is 197. The number of hydrogen-bond acceptors (Lipinski definition) is 2. The number of nitrogens with one attached hydrogen (secondary N) is 1. The first-order valence-corrected chi connectivity index (χ1v) is 6.38. The van der Waals surface area contributed by atoms with E-state index in [1.807, 2.05) is 0 Å². The largest absolute Gasteiger partial charge is 0.381 e. The van der Waals surface area contributed by atoms with Gasteiger partial charge in [-0.15, -0.1) is 0 Å². The summed E-state index contributed by atoms with van der Waals surface area (Å²) in [5.74, 6) is 1.71. The van der Waals surface area contributed by atoms with Gasteiger partial charge in [0.25, 0.3) is 0 Å². The molecule has 1 heterocycles. The molecule has 0 aromatic heterocycles. The van der Waals surface area contributed by atoms with Crippen molar-refractivity contribution in [1.29, 1.82) is 0 Å². The Labute approximate surface area is 93.1 Å². The van der Waals surface area contributed by atoms with Crippen LogP contribution in [-0.4, -0.2) is 26.3 Å². The van der Waals surface area contributed by atoms with Crippen molar-refractivity contribution in [3.05, 3.63) is 12.2 Å². The summed E-state index contributed by atoms with van der Waals surface area (Å²) in [7, 11) is 0. The number of hydrogen-bond donors (Lipinski definition) is 1. The maximum absolute atomic E-state index is 5.37. The van der Waals surface area contributed by atoms with E-state index in [0.717, 1.165) is 25.0 Å². The molecule has 1 aliphatic carbocycles. The predicted molar refractivity (Wildman–Crippen MR) is 62.9 cm³/mol. The Hall–Kier alpha value is -0.340. The molecule has 2 rings (SSSR count). The maximum Gasteiger partial charge on any atom is 0.0495 e. The van der Waals surface area contributed by atoms with E-state index in [9.17, 15) is 0 Å². The molecule has 2 unspecified atom stereocenters. The van der Waals surface area contributed by atoms with E-state index >= 15 is 0 Å². The first-order chi connectivity index (χ1) is 7.45. The Morgan fingerprint density at radius 1 is 1.20 bits per heavy atom. The highest BCUT2D eigenvalue weighted by Gasteiger charge is 2.15. The van der Waals surface area contributed by atoms with Crippen LogP contribution in [0.4, 0.5) is 0 Å². The lowest BCUT2D eigenvalue weighted by atomic mass is 9.94. The normalized spacial score (nSPS) is 30.9. The number of allylic oxidation sites excluding steroid dienone is 2. The van der Waals surface area contributed by atoms with Crippen LogP contribution in [-0.2, 0) is 4.74 Å². The molecule has 2 nitrogen and oxygen atoms in total. The van der Waals surface area contributed by atoms with E-state index < -0.39 is 0 Å². The molecule has 1 aliphatic heterocycles. The third-order valence-electron chi connectivity index (χ3n) is 3.56. The second-order valence-corrected chi connectivity index (χ2v) is 4.87. The highest BCUT2D eigenvalue weighted by Crippen LogP contribution is 2.18. The van der Waals surface area contributed by atoms with Crippen LogP contribution in [0.25, 0.3) is 0 Å². The van der Waals surface area contributed by atoms with Crippen LogP contribution in [0.5, 0.6) is 0 Å². The molecule has 0 saturated carbocycles. The summed E-state index contributed by atoms with van der Waals surface area (Å²) in [6.07, 6.45) is 11.1. The highest BCUT2D eigenvalue weighted by molar-refractivity contribution is 4.90. The molecule has 2 heteroatoms.